The number of carbonyl (C=O) groups is 8. The van der Waals surface area contributed by atoms with Crippen LogP contribution in [0.1, 0.15) is 103 Å². The van der Waals surface area contributed by atoms with Gasteiger partial charge >= 0.3 is 0 Å². The lowest BCUT2D eigenvalue weighted by atomic mass is 9.97. The molecule has 0 unspecified atom stereocenters. The first-order valence-electron chi connectivity index (χ1n) is 17.2. The van der Waals surface area contributed by atoms with Gasteiger partial charge in [0.15, 0.2) is 0 Å². The molecular formula is C34H62N8O8. The molecule has 16 nitrogen and oxygen atoms in total. The molecule has 9 N–H and O–H groups in total. The van der Waals surface area contributed by atoms with Crippen molar-refractivity contribution in [2.75, 3.05) is 0 Å². The van der Waals surface area contributed by atoms with Crippen LogP contribution in [-0.4, -0.2) is 89.0 Å². The molecule has 50 heavy (non-hydrogen) atoms. The molecular weight excluding hydrogens is 648 g/mol. The number of nitrogens with one attached hydrogen (secondary N) is 7. The van der Waals surface area contributed by atoms with Gasteiger partial charge in [0.2, 0.25) is 47.3 Å². The van der Waals surface area contributed by atoms with Gasteiger partial charge in [0, 0.05) is 6.92 Å². The molecule has 8 amide bonds. The number of primary amides is 1. The molecule has 0 fully saturated rings. The zero-order chi connectivity index (χ0) is 39.3. The fourth-order valence-electron chi connectivity index (χ4n) is 4.81. The van der Waals surface area contributed by atoms with Gasteiger partial charge in [0.1, 0.15) is 41.8 Å². The Morgan fingerprint density at radius 3 is 1.26 bits per heavy atom. The number of nitrogens with two attached hydrogens (primary N) is 1. The van der Waals surface area contributed by atoms with Crippen LogP contribution >= 0.6 is 0 Å². The van der Waals surface area contributed by atoms with Crippen LogP contribution in [0.4, 0.5) is 0 Å². The molecule has 0 heterocycles. The highest BCUT2D eigenvalue weighted by Crippen LogP contribution is 2.12. The molecule has 0 aromatic carbocycles. The number of rotatable bonds is 20. The van der Waals surface area contributed by atoms with Gasteiger partial charge in [-0.05, 0) is 64.2 Å². The van der Waals surface area contributed by atoms with E-state index in [9.17, 15) is 38.4 Å². The van der Waals surface area contributed by atoms with E-state index in [0.29, 0.717) is 6.42 Å². The number of hydrogen-bond acceptors (Lipinski definition) is 8. The van der Waals surface area contributed by atoms with Crippen LogP contribution in [0.2, 0.25) is 0 Å². The van der Waals surface area contributed by atoms with Crippen molar-refractivity contribution in [1.29, 1.82) is 0 Å². The Labute approximate surface area is 296 Å². The predicted molar refractivity (Wildman–Crippen MR) is 189 cm³/mol. The topological polar surface area (TPSA) is 247 Å². The van der Waals surface area contributed by atoms with Crippen LogP contribution in [0.15, 0.2) is 0 Å². The molecule has 0 aromatic rings. The third-order valence-electron chi connectivity index (χ3n) is 7.76. The minimum absolute atomic E-state index is 0.0465. The molecule has 0 rings (SSSR count). The Morgan fingerprint density at radius 2 is 0.900 bits per heavy atom. The summed E-state index contributed by atoms with van der Waals surface area (Å²) in [5.41, 5.74) is 3.86. The quantitative estimate of drug-likeness (QED) is 0.0834. The highest BCUT2D eigenvalue weighted by molar-refractivity contribution is 5.98. The van der Waals surface area contributed by atoms with Crippen LogP contribution in [0, 0.1) is 23.7 Å². The maximum absolute atomic E-state index is 13.5. The van der Waals surface area contributed by atoms with E-state index in [2.05, 4.69) is 37.2 Å². The summed E-state index contributed by atoms with van der Waals surface area (Å²) in [7, 11) is 0. The Balaban J connectivity index is 5.68. The SMILES string of the molecule is CC(=O)N[C@H](C(=O)N[C@@H](C)C(=O)N[C@@H](CC(C)C)C(=O)NC(C)(C)C(=O)N[C@H](C(=O)N[C@@H](C)C(=O)N[C@@H](CC(C)C)C(N)=O)C(C)C)C(C)C. The van der Waals surface area contributed by atoms with E-state index in [1.54, 1.807) is 27.7 Å². The molecule has 0 saturated carbocycles. The number of hydrogen-bond donors (Lipinski definition) is 8. The molecule has 0 aromatic heterocycles. The van der Waals surface area contributed by atoms with Crippen LogP contribution < -0.4 is 43.0 Å². The van der Waals surface area contributed by atoms with Crippen molar-refractivity contribution < 1.29 is 38.4 Å². The van der Waals surface area contributed by atoms with Crippen LogP contribution in [0.25, 0.3) is 0 Å². The van der Waals surface area contributed by atoms with Gasteiger partial charge in [0.05, 0.1) is 0 Å². The number of amides is 8. The molecule has 286 valence electrons. The fraction of sp³-hybridized carbons (Fsp3) is 0.765. The second kappa shape index (κ2) is 20.4. The summed E-state index contributed by atoms with van der Waals surface area (Å²) < 4.78 is 0. The summed E-state index contributed by atoms with van der Waals surface area (Å²) in [5.74, 6) is -5.57. The molecule has 0 aliphatic heterocycles. The minimum Gasteiger partial charge on any atom is -0.368 e. The predicted octanol–water partition coefficient (Wildman–Crippen LogP) is -0.261. The van der Waals surface area contributed by atoms with E-state index in [4.69, 9.17) is 5.73 Å². The average Bonchev–Trinajstić information content (AvgIpc) is 2.96. The van der Waals surface area contributed by atoms with Crippen molar-refractivity contribution in [3.8, 4) is 0 Å². The van der Waals surface area contributed by atoms with Crippen LogP contribution in [0.3, 0.4) is 0 Å². The largest absolute Gasteiger partial charge is 0.368 e. The molecule has 0 bridgehead atoms. The maximum atomic E-state index is 13.5. The Bertz CT molecular complexity index is 1230. The average molecular weight is 711 g/mol. The lowest BCUT2D eigenvalue weighted by Gasteiger charge is -2.32. The van der Waals surface area contributed by atoms with Gasteiger partial charge in [-0.25, -0.2) is 0 Å². The van der Waals surface area contributed by atoms with Crippen LogP contribution in [-0.2, 0) is 38.4 Å². The molecule has 0 aliphatic carbocycles. The van der Waals surface area contributed by atoms with Crippen molar-refractivity contribution in [1.82, 2.24) is 37.2 Å². The van der Waals surface area contributed by atoms with Crippen molar-refractivity contribution in [2.45, 2.75) is 145 Å². The first kappa shape index (κ1) is 45.8. The highest BCUT2D eigenvalue weighted by Gasteiger charge is 2.37. The summed E-state index contributed by atoms with van der Waals surface area (Å²) in [6.45, 7) is 21.4. The molecule has 0 saturated heterocycles. The summed E-state index contributed by atoms with van der Waals surface area (Å²) in [6, 6.07) is -6.06. The highest BCUT2D eigenvalue weighted by atomic mass is 16.2. The lowest BCUT2D eigenvalue weighted by molar-refractivity contribution is -0.138. The standard InChI is InChI=1S/C34H62N8O8/c1-16(2)14-23(27(35)44)39-28(45)20(9)37-32(49)26(19(7)8)41-33(50)34(12,13)42-30(47)24(15-17(3)4)40-29(46)21(10)36-31(48)25(18(5)6)38-22(11)43/h16-21,23-26H,14-15H2,1-13H3,(H2,35,44)(H,36,48)(H,37,49)(H,38,43)(H,39,45)(H,40,46)(H,41,50)(H,42,47)/t20-,21-,23-,24-,25-,26-/m0/s1. The maximum Gasteiger partial charge on any atom is 0.245 e. The van der Waals surface area contributed by atoms with Crippen molar-refractivity contribution in [3.05, 3.63) is 0 Å². The Morgan fingerprint density at radius 1 is 0.520 bits per heavy atom. The van der Waals surface area contributed by atoms with Crippen LogP contribution in [0.5, 0.6) is 0 Å². The zero-order valence-corrected chi connectivity index (χ0v) is 32.0. The van der Waals surface area contributed by atoms with Crippen molar-refractivity contribution >= 4 is 47.3 Å². The van der Waals surface area contributed by atoms with Gasteiger partial charge in [-0.15, -0.1) is 0 Å². The summed E-state index contributed by atoms with van der Waals surface area (Å²) in [4.78, 5) is 102. The third kappa shape index (κ3) is 16.0. The minimum atomic E-state index is -1.55. The van der Waals surface area contributed by atoms with Gasteiger partial charge in [-0.1, -0.05) is 55.4 Å². The number of carbonyl (C=O) groups excluding carboxylic acids is 8. The second-order valence-electron chi connectivity index (χ2n) is 15.0. The summed E-state index contributed by atoms with van der Waals surface area (Å²) in [5, 5.41) is 18.2. The van der Waals surface area contributed by atoms with Crippen molar-refractivity contribution in [2.24, 2.45) is 29.4 Å². The van der Waals surface area contributed by atoms with Gasteiger partial charge < -0.3 is 43.0 Å². The molecule has 0 aliphatic rings. The van der Waals surface area contributed by atoms with E-state index in [0.717, 1.165) is 0 Å². The van der Waals surface area contributed by atoms with E-state index < -0.39 is 95.0 Å². The zero-order valence-electron chi connectivity index (χ0n) is 32.0. The molecule has 0 spiro atoms. The van der Waals surface area contributed by atoms with Gasteiger partial charge in [-0.3, -0.25) is 38.4 Å². The summed E-state index contributed by atoms with van der Waals surface area (Å²) >= 11 is 0. The van der Waals surface area contributed by atoms with Gasteiger partial charge in [0.25, 0.3) is 0 Å². The van der Waals surface area contributed by atoms with E-state index in [-0.39, 0.29) is 24.2 Å². The molecule has 0 radical (unpaired) electrons. The monoisotopic (exact) mass is 710 g/mol. The Hall–Kier alpha value is -4.24. The van der Waals surface area contributed by atoms with E-state index >= 15 is 0 Å². The molecule has 6 atom stereocenters. The first-order valence-corrected chi connectivity index (χ1v) is 17.2. The second-order valence-corrected chi connectivity index (χ2v) is 15.0. The fourth-order valence-corrected chi connectivity index (χ4v) is 4.81. The van der Waals surface area contributed by atoms with E-state index in [1.807, 2.05) is 27.7 Å². The summed E-state index contributed by atoms with van der Waals surface area (Å²) in [6.07, 6.45) is 0.532. The van der Waals surface area contributed by atoms with Crippen molar-refractivity contribution in [3.63, 3.8) is 0 Å². The Kier molecular flexibility index (Phi) is 18.7. The van der Waals surface area contributed by atoms with E-state index in [1.165, 1.54) is 34.6 Å². The normalized spacial score (nSPS) is 15.2. The first-order chi connectivity index (χ1) is 22.8. The van der Waals surface area contributed by atoms with Gasteiger partial charge in [-0.2, -0.15) is 0 Å². The smallest absolute Gasteiger partial charge is 0.245 e. The lowest BCUT2D eigenvalue weighted by Crippen LogP contribution is -2.63. The molecule has 16 heteroatoms. The third-order valence-corrected chi connectivity index (χ3v) is 7.76.